The molecule has 1 heterocycles. The Balaban J connectivity index is 2.00. The highest BCUT2D eigenvalue weighted by Crippen LogP contribution is 2.20. The lowest BCUT2D eigenvalue weighted by molar-refractivity contribution is 0.726. The highest BCUT2D eigenvalue weighted by Gasteiger charge is 2.09. The molecular formula is C15H24N2. The van der Waals surface area contributed by atoms with E-state index in [1.165, 1.54) is 50.0 Å². The number of hydrogen-bond acceptors (Lipinski definition) is 2. The summed E-state index contributed by atoms with van der Waals surface area (Å²) in [5, 5.41) is 0. The first-order valence-corrected chi connectivity index (χ1v) is 6.85. The lowest BCUT2D eigenvalue weighted by atomic mass is 10.1. The maximum absolute atomic E-state index is 5.82. The van der Waals surface area contributed by atoms with Crippen molar-refractivity contribution in [2.75, 3.05) is 18.0 Å². The highest BCUT2D eigenvalue weighted by molar-refractivity contribution is 5.47. The van der Waals surface area contributed by atoms with Gasteiger partial charge in [-0.1, -0.05) is 25.0 Å². The van der Waals surface area contributed by atoms with Crippen LogP contribution in [0.3, 0.4) is 0 Å². The molecule has 0 bridgehead atoms. The van der Waals surface area contributed by atoms with Crippen molar-refractivity contribution >= 4 is 5.69 Å². The minimum absolute atomic E-state index is 0.249. The Bertz CT molecular complexity index is 321. The summed E-state index contributed by atoms with van der Waals surface area (Å²) in [6.07, 6.45) is 6.42. The molecule has 2 rings (SSSR count). The fourth-order valence-electron chi connectivity index (χ4n) is 2.54. The van der Waals surface area contributed by atoms with Gasteiger partial charge in [0, 0.05) is 24.8 Å². The van der Waals surface area contributed by atoms with Crippen molar-refractivity contribution < 1.29 is 0 Å². The third kappa shape index (κ3) is 3.74. The molecule has 94 valence electrons. The molecular weight excluding hydrogens is 208 g/mol. The van der Waals surface area contributed by atoms with Gasteiger partial charge in [-0.3, -0.25) is 0 Å². The van der Waals surface area contributed by atoms with Gasteiger partial charge in [0.15, 0.2) is 0 Å². The summed E-state index contributed by atoms with van der Waals surface area (Å²) in [5.41, 5.74) is 8.54. The molecule has 1 saturated heterocycles. The molecule has 0 amide bonds. The second-order valence-electron chi connectivity index (χ2n) is 5.25. The summed E-state index contributed by atoms with van der Waals surface area (Å²) in [4.78, 5) is 2.52. The van der Waals surface area contributed by atoms with Gasteiger partial charge in [-0.25, -0.2) is 0 Å². The summed E-state index contributed by atoms with van der Waals surface area (Å²) in [6.45, 7) is 4.49. The van der Waals surface area contributed by atoms with E-state index in [4.69, 9.17) is 5.73 Å². The van der Waals surface area contributed by atoms with Crippen LogP contribution >= 0.6 is 0 Å². The summed E-state index contributed by atoms with van der Waals surface area (Å²) >= 11 is 0. The van der Waals surface area contributed by atoms with E-state index in [9.17, 15) is 0 Å². The van der Waals surface area contributed by atoms with Crippen LogP contribution in [0.1, 0.15) is 38.2 Å². The van der Waals surface area contributed by atoms with Crippen LogP contribution < -0.4 is 10.6 Å². The number of hydrogen-bond donors (Lipinski definition) is 1. The van der Waals surface area contributed by atoms with Crippen molar-refractivity contribution in [1.82, 2.24) is 0 Å². The Labute approximate surface area is 105 Å². The second-order valence-corrected chi connectivity index (χ2v) is 5.25. The lowest BCUT2D eigenvalue weighted by Gasteiger charge is -2.22. The van der Waals surface area contributed by atoms with Crippen LogP contribution in [0, 0.1) is 0 Å². The van der Waals surface area contributed by atoms with E-state index >= 15 is 0 Å². The molecule has 1 aliphatic heterocycles. The number of rotatable bonds is 3. The number of anilines is 1. The number of nitrogens with zero attached hydrogens (tertiary/aromatic N) is 1. The molecule has 0 radical (unpaired) electrons. The van der Waals surface area contributed by atoms with Gasteiger partial charge in [-0.05, 0) is 43.9 Å². The van der Waals surface area contributed by atoms with Crippen molar-refractivity contribution in [3.8, 4) is 0 Å². The maximum Gasteiger partial charge on any atom is 0.0366 e. The summed E-state index contributed by atoms with van der Waals surface area (Å²) in [5.74, 6) is 0. The summed E-state index contributed by atoms with van der Waals surface area (Å²) in [7, 11) is 0. The molecule has 0 spiro atoms. The van der Waals surface area contributed by atoms with Crippen LogP contribution in [0.5, 0.6) is 0 Å². The Morgan fingerprint density at radius 1 is 1.06 bits per heavy atom. The van der Waals surface area contributed by atoms with Gasteiger partial charge in [0.25, 0.3) is 0 Å². The fourth-order valence-corrected chi connectivity index (χ4v) is 2.54. The summed E-state index contributed by atoms with van der Waals surface area (Å²) < 4.78 is 0. The minimum Gasteiger partial charge on any atom is -0.372 e. The zero-order chi connectivity index (χ0) is 12.1. The third-order valence-corrected chi connectivity index (χ3v) is 3.47. The molecule has 0 saturated carbocycles. The van der Waals surface area contributed by atoms with Crippen LogP contribution in [-0.2, 0) is 6.42 Å². The van der Waals surface area contributed by atoms with E-state index in [1.54, 1.807) is 0 Å². The van der Waals surface area contributed by atoms with E-state index in [0.717, 1.165) is 6.42 Å². The van der Waals surface area contributed by atoms with Crippen LogP contribution in [-0.4, -0.2) is 19.1 Å². The molecule has 2 N–H and O–H groups in total. The lowest BCUT2D eigenvalue weighted by Crippen LogP contribution is -2.23. The Hall–Kier alpha value is -1.02. The van der Waals surface area contributed by atoms with Crippen molar-refractivity contribution in [1.29, 1.82) is 0 Å². The first kappa shape index (κ1) is 12.4. The van der Waals surface area contributed by atoms with E-state index in [-0.39, 0.29) is 6.04 Å². The van der Waals surface area contributed by atoms with Gasteiger partial charge in [0.2, 0.25) is 0 Å². The highest BCUT2D eigenvalue weighted by atomic mass is 15.1. The molecule has 1 aromatic rings. The molecule has 1 fully saturated rings. The second kappa shape index (κ2) is 6.06. The topological polar surface area (TPSA) is 29.3 Å². The molecule has 2 heteroatoms. The zero-order valence-corrected chi connectivity index (χ0v) is 10.9. The Morgan fingerprint density at radius 3 is 2.18 bits per heavy atom. The molecule has 0 aliphatic carbocycles. The normalized spacial score (nSPS) is 18.8. The molecule has 1 aromatic carbocycles. The molecule has 17 heavy (non-hydrogen) atoms. The standard InChI is InChI=1S/C15H24N2/c1-13(16)12-14-6-8-15(9-7-14)17-10-4-2-3-5-11-17/h6-9,13H,2-5,10-12,16H2,1H3. The molecule has 0 aromatic heterocycles. The van der Waals surface area contributed by atoms with Crippen molar-refractivity contribution in [3.63, 3.8) is 0 Å². The summed E-state index contributed by atoms with van der Waals surface area (Å²) in [6, 6.07) is 9.21. The van der Waals surface area contributed by atoms with Gasteiger partial charge in [-0.15, -0.1) is 0 Å². The Morgan fingerprint density at radius 2 is 1.65 bits per heavy atom. The molecule has 1 unspecified atom stereocenters. The fraction of sp³-hybridized carbons (Fsp3) is 0.600. The monoisotopic (exact) mass is 232 g/mol. The predicted octanol–water partition coefficient (Wildman–Crippen LogP) is 2.96. The van der Waals surface area contributed by atoms with Crippen LogP contribution in [0.4, 0.5) is 5.69 Å². The van der Waals surface area contributed by atoms with E-state index in [0.29, 0.717) is 0 Å². The van der Waals surface area contributed by atoms with Gasteiger partial charge in [0.1, 0.15) is 0 Å². The SMILES string of the molecule is CC(N)Cc1ccc(N2CCCCCC2)cc1. The minimum atomic E-state index is 0.249. The van der Waals surface area contributed by atoms with Gasteiger partial charge >= 0.3 is 0 Å². The average molecular weight is 232 g/mol. The van der Waals surface area contributed by atoms with Crippen LogP contribution in [0.15, 0.2) is 24.3 Å². The van der Waals surface area contributed by atoms with E-state index < -0.39 is 0 Å². The first-order valence-electron chi connectivity index (χ1n) is 6.85. The predicted molar refractivity (Wildman–Crippen MR) is 74.5 cm³/mol. The van der Waals surface area contributed by atoms with E-state index in [1.807, 2.05) is 0 Å². The quantitative estimate of drug-likeness (QED) is 0.868. The largest absolute Gasteiger partial charge is 0.372 e. The number of benzene rings is 1. The van der Waals surface area contributed by atoms with Gasteiger partial charge in [-0.2, -0.15) is 0 Å². The molecule has 2 nitrogen and oxygen atoms in total. The smallest absolute Gasteiger partial charge is 0.0366 e. The zero-order valence-electron chi connectivity index (χ0n) is 10.9. The Kier molecular flexibility index (Phi) is 4.43. The molecule has 1 aliphatic rings. The van der Waals surface area contributed by atoms with Crippen molar-refractivity contribution in [2.45, 2.75) is 45.1 Å². The maximum atomic E-state index is 5.82. The van der Waals surface area contributed by atoms with Crippen LogP contribution in [0.25, 0.3) is 0 Å². The molecule has 1 atom stereocenters. The third-order valence-electron chi connectivity index (χ3n) is 3.47. The van der Waals surface area contributed by atoms with Gasteiger partial charge < -0.3 is 10.6 Å². The van der Waals surface area contributed by atoms with Gasteiger partial charge in [0.05, 0.1) is 0 Å². The first-order chi connectivity index (χ1) is 8.25. The number of nitrogens with two attached hydrogens (primary N) is 1. The average Bonchev–Trinajstić information content (AvgIpc) is 2.58. The van der Waals surface area contributed by atoms with Crippen molar-refractivity contribution in [3.05, 3.63) is 29.8 Å². The van der Waals surface area contributed by atoms with E-state index in [2.05, 4.69) is 36.1 Å². The van der Waals surface area contributed by atoms with Crippen LogP contribution in [0.2, 0.25) is 0 Å². The van der Waals surface area contributed by atoms with Crippen molar-refractivity contribution in [2.24, 2.45) is 5.73 Å².